The van der Waals surface area contributed by atoms with E-state index in [0.717, 1.165) is 23.0 Å². The van der Waals surface area contributed by atoms with E-state index in [2.05, 4.69) is 139 Å². The van der Waals surface area contributed by atoms with Crippen molar-refractivity contribution >= 4 is 0 Å². The first kappa shape index (κ1) is 49.7. The van der Waals surface area contributed by atoms with Crippen LogP contribution in [0.2, 0.25) is 0 Å². The average Bonchev–Trinajstić information content (AvgIpc) is 3.80. The molecule has 0 amide bonds. The summed E-state index contributed by atoms with van der Waals surface area (Å²) in [5.41, 5.74) is 2.67. The third-order valence-corrected chi connectivity index (χ3v) is 12.2. The van der Waals surface area contributed by atoms with Crippen LogP contribution in [-0.2, 0) is 16.2 Å². The summed E-state index contributed by atoms with van der Waals surface area (Å²) in [7, 11) is 17.5. The van der Waals surface area contributed by atoms with Crippen LogP contribution in [-0.4, -0.2) is 151 Å². The molecule has 8 heteroatoms. The van der Waals surface area contributed by atoms with E-state index in [0.29, 0.717) is 0 Å². The Bertz CT molecular complexity index is 1240. The van der Waals surface area contributed by atoms with Crippen LogP contribution in [0.3, 0.4) is 0 Å². The van der Waals surface area contributed by atoms with Gasteiger partial charge >= 0.3 is 0 Å². The van der Waals surface area contributed by atoms with Gasteiger partial charge < -0.3 is 38.2 Å². The molecule has 0 bridgehead atoms. The van der Waals surface area contributed by atoms with Crippen LogP contribution in [0, 0.1) is 0 Å². The standard InChI is InChI=1S/C49H92N6O2/c1-47(2,3)43-39-41-45(56-43)46-42(40-44(57-46)48(4,5)6)49(41,27-19-15-17-21-33-54(35-23-29-50(7)8)36-24-30-51(9)10)28-20-16-18-22-34-55(37-25-31-52(11)12)38-26-32-53(13)14/h39-40H,15-38H2,1-14H3. The molecule has 2 aromatic rings. The first-order valence-electron chi connectivity index (χ1n) is 23.2. The van der Waals surface area contributed by atoms with Crippen molar-refractivity contribution in [1.29, 1.82) is 0 Å². The lowest BCUT2D eigenvalue weighted by Crippen LogP contribution is -2.31. The van der Waals surface area contributed by atoms with Crippen LogP contribution in [0.25, 0.3) is 11.5 Å². The highest BCUT2D eigenvalue weighted by Crippen LogP contribution is 2.57. The molecule has 0 radical (unpaired) electrons. The van der Waals surface area contributed by atoms with Gasteiger partial charge in [0.1, 0.15) is 11.5 Å². The highest BCUT2D eigenvalue weighted by atomic mass is 16.4. The van der Waals surface area contributed by atoms with Crippen molar-refractivity contribution in [1.82, 2.24) is 29.4 Å². The molecule has 8 nitrogen and oxygen atoms in total. The maximum Gasteiger partial charge on any atom is 0.173 e. The van der Waals surface area contributed by atoms with E-state index >= 15 is 0 Å². The smallest absolute Gasteiger partial charge is 0.173 e. The van der Waals surface area contributed by atoms with Crippen molar-refractivity contribution in [3.8, 4) is 11.5 Å². The number of unbranched alkanes of at least 4 members (excludes halogenated alkanes) is 6. The van der Waals surface area contributed by atoms with Gasteiger partial charge in [-0.2, -0.15) is 0 Å². The van der Waals surface area contributed by atoms with Crippen molar-refractivity contribution in [2.75, 3.05) is 122 Å². The fourth-order valence-corrected chi connectivity index (χ4v) is 8.72. The molecule has 0 saturated carbocycles. The second-order valence-corrected chi connectivity index (χ2v) is 20.9. The molecule has 0 unspecified atom stereocenters. The number of furan rings is 2. The Labute approximate surface area is 353 Å². The molecule has 0 atom stereocenters. The van der Waals surface area contributed by atoms with Crippen molar-refractivity contribution in [3.05, 3.63) is 34.8 Å². The molecule has 2 heterocycles. The molecule has 0 aromatic carbocycles. The molecule has 0 spiro atoms. The van der Waals surface area contributed by atoms with Crippen LogP contribution in [0.1, 0.15) is 154 Å². The van der Waals surface area contributed by atoms with Gasteiger partial charge in [0.05, 0.1) is 0 Å². The SMILES string of the molecule is CN(C)CCCN(CCCCCCC1(CCCCCCN(CCCN(C)C)CCCN(C)C)c2cc(C(C)(C)C)oc2-c2oc(C(C)(C)C)cc21)CCCN(C)C. The van der Waals surface area contributed by atoms with Crippen molar-refractivity contribution in [3.63, 3.8) is 0 Å². The van der Waals surface area contributed by atoms with Gasteiger partial charge in [-0.25, -0.2) is 0 Å². The molecule has 330 valence electrons. The predicted molar refractivity (Wildman–Crippen MR) is 246 cm³/mol. The number of nitrogens with zero attached hydrogens (tertiary/aromatic N) is 6. The number of hydrogen-bond acceptors (Lipinski definition) is 8. The van der Waals surface area contributed by atoms with E-state index < -0.39 is 0 Å². The van der Waals surface area contributed by atoms with Gasteiger partial charge in [0.2, 0.25) is 0 Å². The van der Waals surface area contributed by atoms with Gasteiger partial charge in [0, 0.05) is 27.4 Å². The summed E-state index contributed by atoms with van der Waals surface area (Å²) >= 11 is 0. The third kappa shape index (κ3) is 16.7. The second kappa shape index (κ2) is 23.9. The van der Waals surface area contributed by atoms with Gasteiger partial charge in [-0.05, 0) is 185 Å². The van der Waals surface area contributed by atoms with E-state index in [1.807, 2.05) is 0 Å². The Hall–Kier alpha value is -1.68. The quantitative estimate of drug-likeness (QED) is 0.0725. The van der Waals surface area contributed by atoms with E-state index in [1.54, 1.807) is 0 Å². The zero-order chi connectivity index (χ0) is 42.2. The van der Waals surface area contributed by atoms with Gasteiger partial charge in [-0.1, -0.05) is 80.1 Å². The van der Waals surface area contributed by atoms with Crippen LogP contribution in [0.15, 0.2) is 21.0 Å². The first-order chi connectivity index (χ1) is 26.8. The number of hydrogen-bond donors (Lipinski definition) is 0. The fourth-order valence-electron chi connectivity index (χ4n) is 8.72. The topological polar surface area (TPSA) is 45.7 Å². The van der Waals surface area contributed by atoms with Crippen LogP contribution in [0.5, 0.6) is 0 Å². The maximum atomic E-state index is 6.81. The zero-order valence-electron chi connectivity index (χ0n) is 40.1. The third-order valence-electron chi connectivity index (χ3n) is 12.2. The minimum absolute atomic E-state index is 0.0422. The predicted octanol–water partition coefficient (Wildman–Crippen LogP) is 10.0. The summed E-state index contributed by atoms with van der Waals surface area (Å²) < 4.78 is 13.6. The highest BCUT2D eigenvalue weighted by Gasteiger charge is 2.49. The molecular formula is C49H92N6O2. The summed E-state index contributed by atoms with van der Waals surface area (Å²) in [4.78, 5) is 14.7. The fraction of sp³-hybridized carbons (Fsp3) is 0.837. The molecule has 57 heavy (non-hydrogen) atoms. The van der Waals surface area contributed by atoms with Crippen molar-refractivity contribution in [2.24, 2.45) is 0 Å². The Morgan fingerprint density at radius 2 is 0.667 bits per heavy atom. The molecule has 1 aliphatic rings. The molecule has 2 aromatic heterocycles. The zero-order valence-corrected chi connectivity index (χ0v) is 40.1. The molecular weight excluding hydrogens is 705 g/mol. The van der Waals surface area contributed by atoms with Gasteiger partial charge in [0.15, 0.2) is 11.5 Å². The monoisotopic (exact) mass is 797 g/mol. The van der Waals surface area contributed by atoms with Crippen molar-refractivity contribution < 1.29 is 8.83 Å². The summed E-state index contributed by atoms with van der Waals surface area (Å²) in [6.07, 6.45) is 17.5. The van der Waals surface area contributed by atoms with Gasteiger partial charge in [0.25, 0.3) is 0 Å². The Morgan fingerprint density at radius 1 is 0.386 bits per heavy atom. The minimum Gasteiger partial charge on any atom is -0.457 e. The van der Waals surface area contributed by atoms with Crippen molar-refractivity contribution in [2.45, 2.75) is 148 Å². The lowest BCUT2D eigenvalue weighted by atomic mass is 9.70. The Balaban J connectivity index is 1.72. The molecule has 0 saturated heterocycles. The first-order valence-corrected chi connectivity index (χ1v) is 23.2. The molecule has 1 aliphatic carbocycles. The van der Waals surface area contributed by atoms with Crippen LogP contribution < -0.4 is 0 Å². The van der Waals surface area contributed by atoms with E-state index in [9.17, 15) is 0 Å². The molecule has 0 aliphatic heterocycles. The lowest BCUT2D eigenvalue weighted by Gasteiger charge is -2.31. The van der Waals surface area contributed by atoms with E-state index in [4.69, 9.17) is 8.83 Å². The van der Waals surface area contributed by atoms with Crippen LogP contribution in [0.4, 0.5) is 0 Å². The Kier molecular flexibility index (Phi) is 20.9. The summed E-state index contributed by atoms with van der Waals surface area (Å²) in [6.45, 7) is 25.6. The normalized spacial score (nSPS) is 14.5. The summed E-state index contributed by atoms with van der Waals surface area (Å²) in [5, 5.41) is 0. The van der Waals surface area contributed by atoms with E-state index in [-0.39, 0.29) is 16.2 Å². The minimum atomic E-state index is -0.0500. The summed E-state index contributed by atoms with van der Waals surface area (Å²) in [5.74, 6) is 4.21. The largest absolute Gasteiger partial charge is 0.457 e. The number of rotatable bonds is 30. The molecule has 3 rings (SSSR count). The maximum absolute atomic E-state index is 6.81. The van der Waals surface area contributed by atoms with E-state index in [1.165, 1.54) is 166 Å². The average molecular weight is 797 g/mol. The molecule has 0 fully saturated rings. The van der Waals surface area contributed by atoms with Gasteiger partial charge in [-0.3, -0.25) is 0 Å². The summed E-state index contributed by atoms with van der Waals surface area (Å²) in [6, 6.07) is 4.86. The number of fused-ring (bicyclic) bond motifs is 3. The second-order valence-electron chi connectivity index (χ2n) is 20.9. The Morgan fingerprint density at radius 3 is 0.947 bits per heavy atom. The highest BCUT2D eigenvalue weighted by molar-refractivity contribution is 5.74. The van der Waals surface area contributed by atoms with Crippen LogP contribution >= 0.6 is 0 Å². The van der Waals surface area contributed by atoms with Gasteiger partial charge in [-0.15, -0.1) is 0 Å². The molecule has 0 N–H and O–H groups in total. The lowest BCUT2D eigenvalue weighted by molar-refractivity contribution is 0.235.